The number of hydrogen-bond acceptors (Lipinski definition) is 4. The van der Waals surface area contributed by atoms with Crippen LogP contribution in [0.25, 0.3) is 0 Å². The molecule has 5 heteroatoms. The maximum atomic E-state index is 11.9. The number of phenolic OH excluding ortho intramolecular Hbond substituents is 1. The van der Waals surface area contributed by atoms with Gasteiger partial charge in [-0.2, -0.15) is 0 Å². The first kappa shape index (κ1) is 12.9. The van der Waals surface area contributed by atoms with Gasteiger partial charge in [0.25, 0.3) is 5.91 Å². The lowest BCUT2D eigenvalue weighted by molar-refractivity contribution is 0.0287. The molecule has 1 aliphatic heterocycles. The molecular weight excluding hydrogens is 232 g/mol. The molecule has 18 heavy (non-hydrogen) atoms. The second kappa shape index (κ2) is 5.84. The van der Waals surface area contributed by atoms with Crippen molar-refractivity contribution >= 4 is 5.91 Å². The Morgan fingerprint density at radius 2 is 2.44 bits per heavy atom. The molecule has 1 saturated heterocycles. The van der Waals surface area contributed by atoms with Crippen molar-refractivity contribution in [2.75, 3.05) is 26.2 Å². The minimum Gasteiger partial charge on any atom is -0.507 e. The van der Waals surface area contributed by atoms with Gasteiger partial charge >= 0.3 is 0 Å². The average molecular weight is 250 g/mol. The summed E-state index contributed by atoms with van der Waals surface area (Å²) in [7, 11) is 0. The van der Waals surface area contributed by atoms with Crippen molar-refractivity contribution in [2.24, 2.45) is 0 Å². The Balaban J connectivity index is 1.90. The van der Waals surface area contributed by atoms with Crippen LogP contribution < -0.4 is 10.6 Å². The maximum absolute atomic E-state index is 11.9. The summed E-state index contributed by atoms with van der Waals surface area (Å²) in [5.41, 5.74) is 1.22. The summed E-state index contributed by atoms with van der Waals surface area (Å²) in [6.07, 6.45) is -0.00436. The average Bonchev–Trinajstić information content (AvgIpc) is 2.37. The first-order chi connectivity index (χ1) is 8.66. The summed E-state index contributed by atoms with van der Waals surface area (Å²) in [5.74, 6) is -0.267. The van der Waals surface area contributed by atoms with Gasteiger partial charge in [0.15, 0.2) is 0 Å². The first-order valence-corrected chi connectivity index (χ1v) is 6.07. The minimum atomic E-state index is -0.276. The molecule has 1 fully saturated rings. The Labute approximate surface area is 106 Å². The minimum absolute atomic E-state index is 0.00436. The number of phenols is 1. The Bertz CT molecular complexity index is 428. The van der Waals surface area contributed by atoms with Crippen molar-refractivity contribution in [3.8, 4) is 5.75 Å². The van der Waals surface area contributed by atoms with Crippen molar-refractivity contribution in [1.29, 1.82) is 0 Å². The van der Waals surface area contributed by atoms with E-state index in [4.69, 9.17) is 4.74 Å². The number of carbonyl (C=O) groups excluding carboxylic acids is 1. The van der Waals surface area contributed by atoms with Crippen LogP contribution in [-0.4, -0.2) is 43.4 Å². The fraction of sp³-hybridized carbons (Fsp3) is 0.462. The molecule has 3 N–H and O–H groups in total. The molecule has 1 heterocycles. The predicted molar refractivity (Wildman–Crippen MR) is 67.8 cm³/mol. The standard InChI is InChI=1S/C13H18N2O3/c1-9-2-3-11(12(16)6-9)13(17)15-8-10-7-14-4-5-18-10/h2-3,6,10,14,16H,4-5,7-8H2,1H3,(H,15,17). The number of nitrogens with one attached hydrogen (secondary N) is 2. The third-order valence-electron chi connectivity index (χ3n) is 2.89. The van der Waals surface area contributed by atoms with Gasteiger partial charge in [0.1, 0.15) is 5.75 Å². The Hall–Kier alpha value is -1.59. The summed E-state index contributed by atoms with van der Waals surface area (Å²) >= 11 is 0. The highest BCUT2D eigenvalue weighted by molar-refractivity contribution is 5.96. The molecular formula is C13H18N2O3. The lowest BCUT2D eigenvalue weighted by atomic mass is 10.1. The third-order valence-corrected chi connectivity index (χ3v) is 2.89. The van der Waals surface area contributed by atoms with E-state index in [0.29, 0.717) is 18.7 Å². The molecule has 0 spiro atoms. The van der Waals surface area contributed by atoms with Crippen molar-refractivity contribution < 1.29 is 14.6 Å². The maximum Gasteiger partial charge on any atom is 0.255 e. The number of benzene rings is 1. The van der Waals surface area contributed by atoms with E-state index in [1.807, 2.05) is 6.92 Å². The molecule has 1 aromatic rings. The van der Waals surface area contributed by atoms with E-state index >= 15 is 0 Å². The van der Waals surface area contributed by atoms with Crippen LogP contribution in [0.5, 0.6) is 5.75 Å². The quantitative estimate of drug-likeness (QED) is 0.727. The van der Waals surface area contributed by atoms with Gasteiger partial charge in [-0.25, -0.2) is 0 Å². The highest BCUT2D eigenvalue weighted by Crippen LogP contribution is 2.18. The van der Waals surface area contributed by atoms with Crippen molar-refractivity contribution in [1.82, 2.24) is 10.6 Å². The molecule has 0 aliphatic carbocycles. The van der Waals surface area contributed by atoms with E-state index < -0.39 is 0 Å². The molecule has 1 atom stereocenters. The Morgan fingerprint density at radius 1 is 1.61 bits per heavy atom. The second-order valence-electron chi connectivity index (χ2n) is 4.43. The van der Waals surface area contributed by atoms with E-state index in [1.165, 1.54) is 0 Å². The predicted octanol–water partition coefficient (Wildman–Crippen LogP) is 0.419. The Kier molecular flexibility index (Phi) is 4.17. The zero-order chi connectivity index (χ0) is 13.0. The zero-order valence-electron chi connectivity index (χ0n) is 10.4. The van der Waals surface area contributed by atoms with Crippen LogP contribution in [0.3, 0.4) is 0 Å². The van der Waals surface area contributed by atoms with E-state index in [2.05, 4.69) is 10.6 Å². The fourth-order valence-electron chi connectivity index (χ4n) is 1.89. The van der Waals surface area contributed by atoms with Gasteiger partial charge in [0, 0.05) is 19.6 Å². The zero-order valence-corrected chi connectivity index (χ0v) is 10.4. The summed E-state index contributed by atoms with van der Waals surface area (Å²) in [6, 6.07) is 5.00. The summed E-state index contributed by atoms with van der Waals surface area (Å²) in [5, 5.41) is 15.7. The van der Waals surface area contributed by atoms with Crippen LogP contribution >= 0.6 is 0 Å². The van der Waals surface area contributed by atoms with E-state index in [9.17, 15) is 9.90 Å². The van der Waals surface area contributed by atoms with Crippen LogP contribution in [0, 0.1) is 6.92 Å². The van der Waals surface area contributed by atoms with Crippen LogP contribution in [0.4, 0.5) is 0 Å². The number of aromatic hydroxyl groups is 1. The van der Waals surface area contributed by atoms with Gasteiger partial charge in [-0.15, -0.1) is 0 Å². The molecule has 0 bridgehead atoms. The lowest BCUT2D eigenvalue weighted by Crippen LogP contribution is -2.45. The number of morpholine rings is 1. The molecule has 1 aromatic carbocycles. The van der Waals surface area contributed by atoms with Crippen LogP contribution in [0.2, 0.25) is 0 Å². The van der Waals surface area contributed by atoms with Crippen LogP contribution in [-0.2, 0) is 4.74 Å². The summed E-state index contributed by atoms with van der Waals surface area (Å²) in [6.45, 7) is 4.56. The molecule has 1 unspecified atom stereocenters. The van der Waals surface area contributed by atoms with Gasteiger partial charge in [0.2, 0.25) is 0 Å². The number of carbonyl (C=O) groups is 1. The van der Waals surface area contributed by atoms with Crippen molar-refractivity contribution in [3.63, 3.8) is 0 Å². The van der Waals surface area contributed by atoms with Crippen LogP contribution in [0.1, 0.15) is 15.9 Å². The molecule has 98 valence electrons. The normalized spacial score (nSPS) is 19.5. The lowest BCUT2D eigenvalue weighted by Gasteiger charge is -2.23. The molecule has 0 radical (unpaired) electrons. The number of ether oxygens (including phenoxy) is 1. The molecule has 0 saturated carbocycles. The Morgan fingerprint density at radius 3 is 3.11 bits per heavy atom. The van der Waals surface area contributed by atoms with E-state index in [-0.39, 0.29) is 17.8 Å². The first-order valence-electron chi connectivity index (χ1n) is 6.07. The largest absolute Gasteiger partial charge is 0.507 e. The van der Waals surface area contributed by atoms with Gasteiger partial charge in [-0.05, 0) is 24.6 Å². The number of aryl methyl sites for hydroxylation is 1. The number of rotatable bonds is 3. The topological polar surface area (TPSA) is 70.6 Å². The fourth-order valence-corrected chi connectivity index (χ4v) is 1.89. The van der Waals surface area contributed by atoms with Crippen LogP contribution in [0.15, 0.2) is 18.2 Å². The van der Waals surface area contributed by atoms with Gasteiger partial charge in [-0.3, -0.25) is 4.79 Å². The molecule has 2 rings (SSSR count). The number of amides is 1. The van der Waals surface area contributed by atoms with E-state index in [1.54, 1.807) is 18.2 Å². The highest BCUT2D eigenvalue weighted by Gasteiger charge is 2.16. The van der Waals surface area contributed by atoms with Crippen molar-refractivity contribution in [2.45, 2.75) is 13.0 Å². The van der Waals surface area contributed by atoms with E-state index in [0.717, 1.165) is 18.7 Å². The van der Waals surface area contributed by atoms with Gasteiger partial charge < -0.3 is 20.5 Å². The monoisotopic (exact) mass is 250 g/mol. The van der Waals surface area contributed by atoms with Crippen molar-refractivity contribution in [3.05, 3.63) is 29.3 Å². The summed E-state index contributed by atoms with van der Waals surface area (Å²) in [4.78, 5) is 11.9. The molecule has 1 amide bonds. The smallest absolute Gasteiger partial charge is 0.255 e. The molecule has 0 aromatic heterocycles. The van der Waals surface area contributed by atoms with Gasteiger partial charge in [-0.1, -0.05) is 6.07 Å². The SMILES string of the molecule is Cc1ccc(C(=O)NCC2CNCCO2)c(O)c1. The summed E-state index contributed by atoms with van der Waals surface area (Å²) < 4.78 is 5.47. The van der Waals surface area contributed by atoms with Gasteiger partial charge in [0.05, 0.1) is 18.3 Å². The molecule has 5 nitrogen and oxygen atoms in total. The highest BCUT2D eigenvalue weighted by atomic mass is 16.5. The molecule has 1 aliphatic rings. The third kappa shape index (κ3) is 3.21. The second-order valence-corrected chi connectivity index (χ2v) is 4.43. The number of hydrogen-bond donors (Lipinski definition) is 3.